The van der Waals surface area contributed by atoms with Crippen LogP contribution in [-0.4, -0.2) is 24.1 Å². The SMILES string of the molecule is CN(C)c1cc(C#Cc2ccccc2)ncn1. The van der Waals surface area contributed by atoms with E-state index >= 15 is 0 Å². The van der Waals surface area contributed by atoms with Gasteiger partial charge in [0.1, 0.15) is 17.8 Å². The Morgan fingerprint density at radius 1 is 1.00 bits per heavy atom. The first-order valence-electron chi connectivity index (χ1n) is 5.32. The quantitative estimate of drug-likeness (QED) is 0.692. The lowest BCUT2D eigenvalue weighted by molar-refractivity contribution is 1.03. The van der Waals surface area contributed by atoms with E-state index in [4.69, 9.17) is 0 Å². The summed E-state index contributed by atoms with van der Waals surface area (Å²) < 4.78 is 0. The summed E-state index contributed by atoms with van der Waals surface area (Å²) in [4.78, 5) is 10.2. The highest BCUT2D eigenvalue weighted by Gasteiger charge is 1.97. The molecule has 0 spiro atoms. The van der Waals surface area contributed by atoms with Gasteiger partial charge in [-0.1, -0.05) is 24.1 Å². The molecule has 0 bridgehead atoms. The molecule has 0 amide bonds. The van der Waals surface area contributed by atoms with Gasteiger partial charge in [0.05, 0.1) is 0 Å². The third-order valence-electron chi connectivity index (χ3n) is 2.22. The summed E-state index contributed by atoms with van der Waals surface area (Å²) >= 11 is 0. The van der Waals surface area contributed by atoms with Gasteiger partial charge in [0, 0.05) is 25.7 Å². The lowest BCUT2D eigenvalue weighted by Crippen LogP contribution is -2.10. The lowest BCUT2D eigenvalue weighted by Gasteiger charge is -2.09. The minimum absolute atomic E-state index is 0.729. The molecule has 0 N–H and O–H groups in total. The zero-order chi connectivity index (χ0) is 12.1. The Morgan fingerprint density at radius 2 is 1.76 bits per heavy atom. The molecule has 3 heteroatoms. The Labute approximate surface area is 101 Å². The molecule has 0 aliphatic rings. The van der Waals surface area contributed by atoms with E-state index in [0.717, 1.165) is 17.1 Å². The molecule has 1 heterocycles. The summed E-state index contributed by atoms with van der Waals surface area (Å²) in [5.74, 6) is 6.96. The van der Waals surface area contributed by atoms with Crippen molar-refractivity contribution >= 4 is 5.82 Å². The standard InChI is InChI=1S/C14H13N3/c1-17(2)14-10-13(15-11-16-14)9-8-12-6-4-3-5-7-12/h3-7,10-11H,1-2H3. The van der Waals surface area contributed by atoms with E-state index in [1.165, 1.54) is 6.33 Å². The largest absolute Gasteiger partial charge is 0.363 e. The summed E-state index contributed by atoms with van der Waals surface area (Å²) in [6.45, 7) is 0. The maximum atomic E-state index is 4.14. The molecule has 0 atom stereocenters. The second-order valence-corrected chi connectivity index (χ2v) is 3.77. The zero-order valence-corrected chi connectivity index (χ0v) is 9.88. The smallest absolute Gasteiger partial charge is 0.132 e. The highest BCUT2D eigenvalue weighted by molar-refractivity contribution is 5.45. The fraction of sp³-hybridized carbons (Fsp3) is 0.143. The molecule has 0 unspecified atom stereocenters. The van der Waals surface area contributed by atoms with Gasteiger partial charge in [-0.15, -0.1) is 0 Å². The molecule has 0 aliphatic heterocycles. The van der Waals surface area contributed by atoms with E-state index in [0.29, 0.717) is 0 Å². The average molecular weight is 223 g/mol. The molecule has 0 radical (unpaired) electrons. The molecule has 1 aromatic carbocycles. The maximum Gasteiger partial charge on any atom is 0.132 e. The Hall–Kier alpha value is -2.34. The van der Waals surface area contributed by atoms with Crippen molar-refractivity contribution in [3.05, 3.63) is 54.0 Å². The van der Waals surface area contributed by atoms with Crippen molar-refractivity contribution in [3.8, 4) is 11.8 Å². The van der Waals surface area contributed by atoms with E-state index in [2.05, 4.69) is 21.8 Å². The monoisotopic (exact) mass is 223 g/mol. The van der Waals surface area contributed by atoms with Gasteiger partial charge in [0.15, 0.2) is 0 Å². The number of benzene rings is 1. The normalized spacial score (nSPS) is 9.29. The molecule has 84 valence electrons. The molecule has 2 rings (SSSR count). The molecular weight excluding hydrogens is 210 g/mol. The predicted octanol–water partition coefficient (Wildman–Crippen LogP) is 1.94. The van der Waals surface area contributed by atoms with Gasteiger partial charge < -0.3 is 4.90 Å². The van der Waals surface area contributed by atoms with Crippen molar-refractivity contribution in [2.24, 2.45) is 0 Å². The van der Waals surface area contributed by atoms with Gasteiger partial charge in [-0.05, 0) is 18.1 Å². The number of rotatable bonds is 1. The number of hydrogen-bond donors (Lipinski definition) is 0. The number of nitrogens with zero attached hydrogens (tertiary/aromatic N) is 3. The highest BCUT2D eigenvalue weighted by Crippen LogP contribution is 2.06. The van der Waals surface area contributed by atoms with Crippen molar-refractivity contribution in [1.29, 1.82) is 0 Å². The summed E-state index contributed by atoms with van der Waals surface area (Å²) in [6, 6.07) is 11.7. The molecule has 0 saturated heterocycles. The van der Waals surface area contributed by atoms with E-state index < -0.39 is 0 Å². The Bertz CT molecular complexity index is 550. The Morgan fingerprint density at radius 3 is 2.47 bits per heavy atom. The van der Waals surface area contributed by atoms with Gasteiger partial charge in [-0.2, -0.15) is 0 Å². The average Bonchev–Trinajstić information content (AvgIpc) is 2.38. The van der Waals surface area contributed by atoms with Gasteiger partial charge in [-0.3, -0.25) is 0 Å². The van der Waals surface area contributed by atoms with Crippen LogP contribution in [0.5, 0.6) is 0 Å². The van der Waals surface area contributed by atoms with Crippen molar-refractivity contribution in [2.75, 3.05) is 19.0 Å². The van der Waals surface area contributed by atoms with Crippen LogP contribution in [0.15, 0.2) is 42.7 Å². The topological polar surface area (TPSA) is 29.0 Å². The lowest BCUT2D eigenvalue weighted by atomic mass is 10.2. The molecule has 0 aliphatic carbocycles. The Kier molecular flexibility index (Phi) is 3.37. The fourth-order valence-corrected chi connectivity index (χ4v) is 1.32. The molecule has 3 nitrogen and oxygen atoms in total. The highest BCUT2D eigenvalue weighted by atomic mass is 15.1. The van der Waals surface area contributed by atoms with E-state index in [-0.39, 0.29) is 0 Å². The fourth-order valence-electron chi connectivity index (χ4n) is 1.32. The summed E-state index contributed by atoms with van der Waals surface area (Å²) in [5, 5.41) is 0. The summed E-state index contributed by atoms with van der Waals surface area (Å²) in [5.41, 5.74) is 1.71. The Balaban J connectivity index is 2.25. The van der Waals surface area contributed by atoms with Crippen LogP contribution in [0.3, 0.4) is 0 Å². The van der Waals surface area contributed by atoms with Crippen LogP contribution in [0.4, 0.5) is 5.82 Å². The van der Waals surface area contributed by atoms with Crippen LogP contribution in [-0.2, 0) is 0 Å². The first kappa shape index (κ1) is 11.2. The van der Waals surface area contributed by atoms with E-state index in [9.17, 15) is 0 Å². The van der Waals surface area contributed by atoms with Crippen LogP contribution < -0.4 is 4.90 Å². The van der Waals surface area contributed by atoms with Crippen LogP contribution in [0.2, 0.25) is 0 Å². The van der Waals surface area contributed by atoms with Crippen LogP contribution in [0, 0.1) is 11.8 Å². The number of hydrogen-bond acceptors (Lipinski definition) is 3. The number of aromatic nitrogens is 2. The molecule has 0 fully saturated rings. The minimum Gasteiger partial charge on any atom is -0.363 e. The second kappa shape index (κ2) is 5.13. The molecule has 0 saturated carbocycles. The van der Waals surface area contributed by atoms with Gasteiger partial charge >= 0.3 is 0 Å². The third-order valence-corrected chi connectivity index (χ3v) is 2.22. The second-order valence-electron chi connectivity index (χ2n) is 3.77. The van der Waals surface area contributed by atoms with E-state index in [1.807, 2.05) is 55.4 Å². The molecule has 17 heavy (non-hydrogen) atoms. The predicted molar refractivity (Wildman–Crippen MR) is 68.8 cm³/mol. The van der Waals surface area contributed by atoms with Crippen molar-refractivity contribution in [3.63, 3.8) is 0 Å². The first-order chi connectivity index (χ1) is 8.25. The van der Waals surface area contributed by atoms with Gasteiger partial charge in [0.2, 0.25) is 0 Å². The van der Waals surface area contributed by atoms with Crippen molar-refractivity contribution in [1.82, 2.24) is 9.97 Å². The minimum atomic E-state index is 0.729. The third kappa shape index (κ3) is 3.05. The van der Waals surface area contributed by atoms with Crippen LogP contribution in [0.1, 0.15) is 11.3 Å². The van der Waals surface area contributed by atoms with Crippen LogP contribution in [0.25, 0.3) is 0 Å². The first-order valence-corrected chi connectivity index (χ1v) is 5.32. The zero-order valence-electron chi connectivity index (χ0n) is 9.88. The molecule has 1 aromatic heterocycles. The molecule has 2 aromatic rings. The maximum absolute atomic E-state index is 4.14. The van der Waals surface area contributed by atoms with Crippen LogP contribution >= 0.6 is 0 Å². The van der Waals surface area contributed by atoms with E-state index in [1.54, 1.807) is 0 Å². The van der Waals surface area contributed by atoms with Gasteiger partial charge in [-0.25, -0.2) is 9.97 Å². The summed E-state index contributed by atoms with van der Waals surface area (Å²) in [6.07, 6.45) is 1.53. The van der Waals surface area contributed by atoms with Gasteiger partial charge in [0.25, 0.3) is 0 Å². The molecular formula is C14H13N3. The van der Waals surface area contributed by atoms with Crippen molar-refractivity contribution < 1.29 is 0 Å². The number of anilines is 1. The summed E-state index contributed by atoms with van der Waals surface area (Å²) in [7, 11) is 3.88. The van der Waals surface area contributed by atoms with Crippen molar-refractivity contribution in [2.45, 2.75) is 0 Å².